The van der Waals surface area contributed by atoms with Gasteiger partial charge in [0.15, 0.2) is 0 Å². The van der Waals surface area contributed by atoms with Gasteiger partial charge in [-0.2, -0.15) is 0 Å². The van der Waals surface area contributed by atoms with Crippen LogP contribution in [0.3, 0.4) is 0 Å². The Kier molecular flexibility index (Phi) is 5.46. The van der Waals surface area contributed by atoms with Crippen LogP contribution in [0.15, 0.2) is 42.6 Å². The zero-order chi connectivity index (χ0) is 18.8. The van der Waals surface area contributed by atoms with Gasteiger partial charge in [-0.05, 0) is 36.1 Å². The summed E-state index contributed by atoms with van der Waals surface area (Å²) in [5.41, 5.74) is 3.09. The summed E-state index contributed by atoms with van der Waals surface area (Å²) in [6.45, 7) is 5.81. The predicted octanol–water partition coefficient (Wildman–Crippen LogP) is 1.68. The molecule has 140 valence electrons. The summed E-state index contributed by atoms with van der Waals surface area (Å²) in [4.78, 5) is 14.3. The molecule has 0 radical (unpaired) electrons. The van der Waals surface area contributed by atoms with Gasteiger partial charge in [-0.1, -0.05) is 30.9 Å². The maximum Gasteiger partial charge on any atom is 0.355 e. The van der Waals surface area contributed by atoms with Gasteiger partial charge in [0, 0.05) is 13.2 Å². The molecule has 1 aromatic carbocycles. The number of carbonyl (C=O) groups is 1. The van der Waals surface area contributed by atoms with Crippen LogP contribution in [0.4, 0.5) is 0 Å². The maximum absolute atomic E-state index is 12.6. The second-order valence-corrected chi connectivity index (χ2v) is 6.76. The second-order valence-electron chi connectivity index (χ2n) is 6.76. The Balaban J connectivity index is 1.98. The molecule has 1 fully saturated rings. The van der Waals surface area contributed by atoms with Gasteiger partial charge in [-0.25, -0.2) is 4.79 Å². The number of hydrogen-bond donors (Lipinski definition) is 2. The van der Waals surface area contributed by atoms with Gasteiger partial charge in [0.05, 0.1) is 18.6 Å². The zero-order valence-electron chi connectivity index (χ0n) is 15.1. The van der Waals surface area contributed by atoms with Crippen molar-refractivity contribution in [1.29, 1.82) is 0 Å². The first-order valence-corrected chi connectivity index (χ1v) is 8.73. The molecule has 6 nitrogen and oxygen atoms in total. The van der Waals surface area contributed by atoms with E-state index < -0.39 is 18.3 Å². The van der Waals surface area contributed by atoms with E-state index in [0.29, 0.717) is 18.7 Å². The number of aliphatic hydroxyl groups excluding tert-OH is 2. The van der Waals surface area contributed by atoms with Crippen molar-refractivity contribution < 1.29 is 24.5 Å². The van der Waals surface area contributed by atoms with Crippen molar-refractivity contribution in [3.8, 4) is 0 Å². The Morgan fingerprint density at radius 2 is 2.27 bits per heavy atom. The van der Waals surface area contributed by atoms with Crippen LogP contribution in [0.25, 0.3) is 5.57 Å². The first-order valence-electron chi connectivity index (χ1n) is 8.73. The van der Waals surface area contributed by atoms with Crippen LogP contribution in [-0.4, -0.2) is 53.2 Å². The number of aliphatic hydroxyl groups is 2. The lowest BCUT2D eigenvalue weighted by molar-refractivity contribution is -0.186. The monoisotopic (exact) mass is 359 g/mol. The third-order valence-corrected chi connectivity index (χ3v) is 5.06. The Labute approximate surface area is 153 Å². The molecule has 0 aliphatic carbocycles. The van der Waals surface area contributed by atoms with E-state index in [0.717, 1.165) is 16.7 Å². The van der Waals surface area contributed by atoms with E-state index in [1.807, 2.05) is 24.3 Å². The minimum Gasteiger partial charge on any atom is -0.457 e. The van der Waals surface area contributed by atoms with Gasteiger partial charge in [0.1, 0.15) is 18.5 Å². The maximum atomic E-state index is 12.6. The highest BCUT2D eigenvalue weighted by Gasteiger charge is 2.56. The normalized spacial score (nSPS) is 25.5. The zero-order valence-corrected chi connectivity index (χ0v) is 15.1. The minimum atomic E-state index is -0.897. The Morgan fingerprint density at radius 3 is 2.92 bits per heavy atom. The first kappa shape index (κ1) is 18.6. The SMILES string of the molecule is C=CCOC(=O)C1=C(c2cccc(COC)c2)C[C@@H]2C(C(C)O)[C@@H](O)N12. The molecule has 1 aromatic rings. The first-order chi connectivity index (χ1) is 12.5. The number of carbonyl (C=O) groups excluding carboxylic acids is 1. The molecule has 0 bridgehead atoms. The van der Waals surface area contributed by atoms with E-state index >= 15 is 0 Å². The van der Waals surface area contributed by atoms with Crippen molar-refractivity contribution in [3.63, 3.8) is 0 Å². The standard InChI is InChI=1S/C20H25NO5/c1-4-8-26-20(24)18-15(14-7-5-6-13(9-14)11-25-3)10-16-17(12(2)22)19(23)21(16)18/h4-7,9,12,16-17,19,22-23H,1,8,10-11H2,2-3H3/t12?,16-,17?,19-/m1/s1. The molecule has 2 heterocycles. The molecule has 26 heavy (non-hydrogen) atoms. The topological polar surface area (TPSA) is 79.2 Å². The third kappa shape index (κ3) is 3.16. The van der Waals surface area contributed by atoms with Crippen LogP contribution in [0.5, 0.6) is 0 Å². The van der Waals surface area contributed by atoms with Gasteiger partial charge in [-0.15, -0.1) is 0 Å². The Bertz CT molecular complexity index is 727. The van der Waals surface area contributed by atoms with Crippen LogP contribution in [0, 0.1) is 5.92 Å². The van der Waals surface area contributed by atoms with Crippen molar-refractivity contribution in [2.45, 2.75) is 38.3 Å². The predicted molar refractivity (Wildman–Crippen MR) is 96.7 cm³/mol. The largest absolute Gasteiger partial charge is 0.457 e. The lowest BCUT2D eigenvalue weighted by Gasteiger charge is -2.52. The van der Waals surface area contributed by atoms with Crippen molar-refractivity contribution >= 4 is 11.5 Å². The highest BCUT2D eigenvalue weighted by molar-refractivity contribution is 5.99. The molecule has 2 aliphatic heterocycles. The molecule has 0 saturated carbocycles. The van der Waals surface area contributed by atoms with E-state index in [4.69, 9.17) is 9.47 Å². The second kappa shape index (κ2) is 7.61. The molecule has 0 spiro atoms. The summed E-state index contributed by atoms with van der Waals surface area (Å²) >= 11 is 0. The molecule has 3 rings (SSSR count). The molecule has 0 aromatic heterocycles. The number of fused-ring (bicyclic) bond motifs is 1. The summed E-state index contributed by atoms with van der Waals surface area (Å²) in [7, 11) is 1.63. The number of nitrogens with zero attached hydrogens (tertiary/aromatic N) is 1. The molecule has 0 amide bonds. The minimum absolute atomic E-state index is 0.105. The average Bonchev–Trinajstić information content (AvgIpc) is 2.95. The van der Waals surface area contributed by atoms with Gasteiger partial charge in [-0.3, -0.25) is 0 Å². The van der Waals surface area contributed by atoms with Crippen molar-refractivity contribution in [3.05, 3.63) is 53.7 Å². The molecule has 2 aliphatic rings. The molecule has 4 atom stereocenters. The van der Waals surface area contributed by atoms with Crippen LogP contribution in [-0.2, 0) is 20.9 Å². The third-order valence-electron chi connectivity index (χ3n) is 5.06. The smallest absolute Gasteiger partial charge is 0.355 e. The summed E-state index contributed by atoms with van der Waals surface area (Å²) in [6, 6.07) is 7.68. The fourth-order valence-electron chi connectivity index (χ4n) is 3.93. The van der Waals surface area contributed by atoms with Gasteiger partial charge >= 0.3 is 5.97 Å². The lowest BCUT2D eigenvalue weighted by atomic mass is 9.81. The quantitative estimate of drug-likeness (QED) is 0.570. The number of hydrogen-bond acceptors (Lipinski definition) is 6. The number of benzene rings is 1. The van der Waals surface area contributed by atoms with Crippen molar-refractivity contribution in [1.82, 2.24) is 4.90 Å². The van der Waals surface area contributed by atoms with E-state index in [1.165, 1.54) is 6.08 Å². The number of methoxy groups -OCH3 is 1. The van der Waals surface area contributed by atoms with Gasteiger partial charge in [0.2, 0.25) is 0 Å². The lowest BCUT2D eigenvalue weighted by Crippen LogP contribution is -2.64. The molecular formula is C20H25NO5. The van der Waals surface area contributed by atoms with E-state index in [9.17, 15) is 15.0 Å². The van der Waals surface area contributed by atoms with Crippen molar-refractivity contribution in [2.75, 3.05) is 13.7 Å². The average molecular weight is 359 g/mol. The fraction of sp³-hybridized carbons (Fsp3) is 0.450. The highest BCUT2D eigenvalue weighted by Crippen LogP contribution is 2.49. The molecule has 6 heteroatoms. The summed E-state index contributed by atoms with van der Waals surface area (Å²) < 4.78 is 10.4. The molecule has 2 unspecified atom stereocenters. The van der Waals surface area contributed by atoms with E-state index in [2.05, 4.69) is 6.58 Å². The number of ether oxygens (including phenoxy) is 2. The Hall–Kier alpha value is -2.15. The molecular weight excluding hydrogens is 334 g/mol. The van der Waals surface area contributed by atoms with E-state index in [1.54, 1.807) is 18.9 Å². The summed E-state index contributed by atoms with van der Waals surface area (Å²) in [5.74, 6) is -0.778. The Morgan fingerprint density at radius 1 is 1.50 bits per heavy atom. The molecule has 2 N–H and O–H groups in total. The van der Waals surface area contributed by atoms with Crippen LogP contribution in [0.2, 0.25) is 0 Å². The van der Waals surface area contributed by atoms with Crippen LogP contribution in [0.1, 0.15) is 24.5 Å². The van der Waals surface area contributed by atoms with Crippen molar-refractivity contribution in [2.24, 2.45) is 5.92 Å². The number of rotatable bonds is 7. The fourth-order valence-corrected chi connectivity index (χ4v) is 3.93. The van der Waals surface area contributed by atoms with Gasteiger partial charge in [0.25, 0.3) is 0 Å². The van der Waals surface area contributed by atoms with Crippen LogP contribution < -0.4 is 0 Å². The summed E-state index contributed by atoms with van der Waals surface area (Å²) in [5, 5.41) is 20.5. The van der Waals surface area contributed by atoms with E-state index in [-0.39, 0.29) is 18.6 Å². The summed E-state index contributed by atoms with van der Waals surface area (Å²) in [6.07, 6.45) is 0.526. The highest BCUT2D eigenvalue weighted by atomic mass is 16.5. The van der Waals surface area contributed by atoms with Crippen LogP contribution >= 0.6 is 0 Å². The number of esters is 1. The van der Waals surface area contributed by atoms with Gasteiger partial charge < -0.3 is 24.6 Å². The molecule has 1 saturated heterocycles.